The minimum absolute atomic E-state index is 0.235. The van der Waals surface area contributed by atoms with Gasteiger partial charge in [-0.05, 0) is 18.9 Å². The van der Waals surface area contributed by atoms with E-state index in [1.54, 1.807) is 0 Å². The van der Waals surface area contributed by atoms with E-state index in [2.05, 4.69) is 24.7 Å². The van der Waals surface area contributed by atoms with Gasteiger partial charge in [-0.2, -0.15) is 26.7 Å². The summed E-state index contributed by atoms with van der Waals surface area (Å²) >= 11 is 0. The summed E-state index contributed by atoms with van der Waals surface area (Å²) in [5, 5.41) is 3.86. The molecule has 0 aromatic carbocycles. The van der Waals surface area contributed by atoms with Crippen LogP contribution >= 0.6 is 0 Å². The number of nitrogens with zero attached hydrogens (tertiary/aromatic N) is 3. The molecule has 0 saturated carbocycles. The van der Waals surface area contributed by atoms with Gasteiger partial charge in [0.1, 0.15) is 12.3 Å². The van der Waals surface area contributed by atoms with E-state index in [4.69, 9.17) is 8.92 Å². The maximum atomic E-state index is 13.8. The van der Waals surface area contributed by atoms with Crippen LogP contribution in [-0.2, 0) is 31.9 Å². The molecule has 1 atom stereocenters. The summed E-state index contributed by atoms with van der Waals surface area (Å²) in [5.41, 5.74) is -2.99. The van der Waals surface area contributed by atoms with Gasteiger partial charge in [-0.15, -0.1) is 0 Å². The van der Waals surface area contributed by atoms with Gasteiger partial charge in [-0.1, -0.05) is 19.6 Å². The van der Waals surface area contributed by atoms with Crippen LogP contribution in [0.5, 0.6) is 0 Å². The maximum absolute atomic E-state index is 13.8. The van der Waals surface area contributed by atoms with Crippen LogP contribution in [0.3, 0.4) is 0 Å². The molecule has 0 amide bonds. The zero-order valence-corrected chi connectivity index (χ0v) is 19.3. The van der Waals surface area contributed by atoms with Gasteiger partial charge >= 0.3 is 6.18 Å². The Morgan fingerprint density at radius 2 is 1.97 bits per heavy atom. The van der Waals surface area contributed by atoms with E-state index in [0.29, 0.717) is 24.1 Å². The molecule has 1 aliphatic heterocycles. The molecule has 1 aromatic rings. The van der Waals surface area contributed by atoms with Crippen LogP contribution in [0, 0.1) is 0 Å². The van der Waals surface area contributed by atoms with Crippen molar-refractivity contribution in [2.45, 2.75) is 57.5 Å². The quantitative estimate of drug-likeness (QED) is 0.311. The van der Waals surface area contributed by atoms with Crippen molar-refractivity contribution in [1.82, 2.24) is 9.78 Å². The van der Waals surface area contributed by atoms with Crippen LogP contribution in [0.15, 0.2) is 11.0 Å². The SMILES string of the molecule is C[Si](C)(C)CCOCn1ncc(N2CCC[C@H]2COS(C)(=O)=O)c(C(F)(F)F)c1=O. The zero-order valence-electron chi connectivity index (χ0n) is 17.5. The average molecular weight is 472 g/mol. The van der Waals surface area contributed by atoms with Crippen LogP contribution in [0.4, 0.5) is 18.9 Å². The molecule has 172 valence electrons. The summed E-state index contributed by atoms with van der Waals surface area (Å²) in [6, 6.07) is 0.202. The molecule has 13 heteroatoms. The average Bonchev–Trinajstić information content (AvgIpc) is 3.03. The number of ether oxygens (including phenoxy) is 1. The van der Waals surface area contributed by atoms with Crippen molar-refractivity contribution in [2.24, 2.45) is 0 Å². The molecule has 0 aliphatic carbocycles. The van der Waals surface area contributed by atoms with Crippen LogP contribution in [0.25, 0.3) is 0 Å². The summed E-state index contributed by atoms with van der Waals surface area (Å²) in [6.45, 7) is 6.32. The molecule has 0 bridgehead atoms. The normalized spacial score (nSPS) is 18.2. The third-order valence-electron chi connectivity index (χ3n) is 4.68. The minimum Gasteiger partial charge on any atom is -0.364 e. The smallest absolute Gasteiger partial charge is 0.364 e. The lowest BCUT2D eigenvalue weighted by Gasteiger charge is -2.28. The second-order valence-electron chi connectivity index (χ2n) is 8.53. The van der Waals surface area contributed by atoms with Crippen LogP contribution in [0.2, 0.25) is 25.7 Å². The number of aromatic nitrogens is 2. The van der Waals surface area contributed by atoms with Gasteiger partial charge in [-0.25, -0.2) is 4.68 Å². The maximum Gasteiger partial charge on any atom is 0.423 e. The van der Waals surface area contributed by atoms with E-state index in [9.17, 15) is 26.4 Å². The lowest BCUT2D eigenvalue weighted by molar-refractivity contribution is -0.138. The highest BCUT2D eigenvalue weighted by atomic mass is 32.2. The molecule has 0 radical (unpaired) electrons. The highest BCUT2D eigenvalue weighted by molar-refractivity contribution is 7.85. The number of rotatable bonds is 9. The van der Waals surface area contributed by atoms with Crippen LogP contribution in [0.1, 0.15) is 18.4 Å². The lowest BCUT2D eigenvalue weighted by atomic mass is 10.2. The van der Waals surface area contributed by atoms with Gasteiger partial charge < -0.3 is 9.64 Å². The Hall–Kier alpha value is -1.44. The van der Waals surface area contributed by atoms with Gasteiger partial charge in [0.2, 0.25) is 0 Å². The Morgan fingerprint density at radius 1 is 1.30 bits per heavy atom. The van der Waals surface area contributed by atoms with Gasteiger partial charge in [0.25, 0.3) is 15.7 Å². The van der Waals surface area contributed by atoms with E-state index < -0.39 is 41.5 Å². The number of anilines is 1. The fourth-order valence-electron chi connectivity index (χ4n) is 3.11. The van der Waals surface area contributed by atoms with Crippen molar-refractivity contribution >= 4 is 23.9 Å². The number of alkyl halides is 3. The second kappa shape index (κ2) is 9.36. The minimum atomic E-state index is -4.90. The van der Waals surface area contributed by atoms with E-state index in [1.807, 2.05) is 0 Å². The molecule has 2 rings (SSSR count). The zero-order chi connectivity index (χ0) is 22.7. The van der Waals surface area contributed by atoms with Crippen molar-refractivity contribution in [1.29, 1.82) is 0 Å². The fraction of sp³-hybridized carbons (Fsp3) is 0.765. The molecule has 0 unspecified atom stereocenters. The summed E-state index contributed by atoms with van der Waals surface area (Å²) in [5.74, 6) is 0. The van der Waals surface area contributed by atoms with Crippen molar-refractivity contribution < 1.29 is 30.5 Å². The van der Waals surface area contributed by atoms with E-state index in [0.717, 1.165) is 18.5 Å². The summed E-state index contributed by atoms with van der Waals surface area (Å²) in [6.07, 6.45) is -2.06. The van der Waals surface area contributed by atoms with E-state index in [1.165, 1.54) is 4.90 Å². The second-order valence-corrected chi connectivity index (χ2v) is 15.8. The topological polar surface area (TPSA) is 90.7 Å². The standard InChI is InChI=1S/C17H28F3N3O5SSi/c1-29(25,26)28-11-13-6-5-7-22(13)14-10-21-23(12-27-8-9-30(2,3)4)16(24)15(14)17(18,19)20/h10,13H,5-9,11-12H2,1-4H3/t13-/m0/s1. The van der Waals surface area contributed by atoms with Gasteiger partial charge in [-0.3, -0.25) is 8.98 Å². The number of hydrogen-bond acceptors (Lipinski definition) is 7. The molecule has 1 aliphatic rings. The number of halogens is 3. The molecule has 8 nitrogen and oxygen atoms in total. The third kappa shape index (κ3) is 7.06. The van der Waals surface area contributed by atoms with Crippen LogP contribution in [-0.4, -0.2) is 58.3 Å². The summed E-state index contributed by atoms with van der Waals surface area (Å²) < 4.78 is 74.6. The highest BCUT2D eigenvalue weighted by Gasteiger charge is 2.41. The molecule has 2 heterocycles. The molecule has 1 aromatic heterocycles. The van der Waals surface area contributed by atoms with Crippen molar-refractivity contribution in [2.75, 3.05) is 30.9 Å². The molecule has 1 saturated heterocycles. The van der Waals surface area contributed by atoms with Crippen molar-refractivity contribution in [3.8, 4) is 0 Å². The Morgan fingerprint density at radius 3 is 2.53 bits per heavy atom. The molecule has 0 N–H and O–H groups in total. The Labute approximate surface area is 175 Å². The molecule has 30 heavy (non-hydrogen) atoms. The fourth-order valence-corrected chi connectivity index (χ4v) is 4.27. The predicted molar refractivity (Wildman–Crippen MR) is 109 cm³/mol. The molecule has 0 spiro atoms. The summed E-state index contributed by atoms with van der Waals surface area (Å²) in [4.78, 5) is 13.9. The molecular weight excluding hydrogens is 443 g/mol. The van der Waals surface area contributed by atoms with E-state index in [-0.39, 0.29) is 25.6 Å². The highest BCUT2D eigenvalue weighted by Crippen LogP contribution is 2.36. The lowest BCUT2D eigenvalue weighted by Crippen LogP contribution is -2.39. The first kappa shape index (κ1) is 24.8. The van der Waals surface area contributed by atoms with Crippen molar-refractivity contribution in [3.63, 3.8) is 0 Å². The monoisotopic (exact) mass is 471 g/mol. The molecule has 1 fully saturated rings. The third-order valence-corrected chi connectivity index (χ3v) is 6.95. The van der Waals surface area contributed by atoms with Gasteiger partial charge in [0, 0.05) is 21.2 Å². The van der Waals surface area contributed by atoms with Crippen LogP contribution < -0.4 is 10.5 Å². The Balaban J connectivity index is 2.27. The number of hydrogen-bond donors (Lipinski definition) is 0. The first-order valence-corrected chi connectivity index (χ1v) is 15.1. The Bertz CT molecular complexity index is 899. The van der Waals surface area contributed by atoms with Crippen molar-refractivity contribution in [3.05, 3.63) is 22.1 Å². The van der Waals surface area contributed by atoms with Gasteiger partial charge in [0.15, 0.2) is 0 Å². The first-order valence-electron chi connectivity index (χ1n) is 9.55. The predicted octanol–water partition coefficient (Wildman–Crippen LogP) is 2.52. The van der Waals surface area contributed by atoms with E-state index >= 15 is 0 Å². The first-order chi connectivity index (χ1) is 13.7. The largest absolute Gasteiger partial charge is 0.423 e. The summed E-state index contributed by atoms with van der Waals surface area (Å²) in [7, 11) is -5.12. The molecular formula is C17H28F3N3O5SSi. The Kier molecular flexibility index (Phi) is 7.75. The van der Waals surface area contributed by atoms with Gasteiger partial charge in [0.05, 0.1) is 30.8 Å².